The molecule has 0 spiro atoms. The van der Waals surface area contributed by atoms with Crippen LogP contribution in [-0.4, -0.2) is 23.2 Å². The number of aliphatic carboxylic acids is 1. The largest absolute Gasteiger partial charge is 0.481 e. The fourth-order valence-corrected chi connectivity index (χ4v) is 3.34. The lowest BCUT2D eigenvalue weighted by molar-refractivity contribution is -0.146. The van der Waals surface area contributed by atoms with E-state index in [-0.39, 0.29) is 12.0 Å². The van der Waals surface area contributed by atoms with E-state index < -0.39 is 5.97 Å². The van der Waals surface area contributed by atoms with Gasteiger partial charge in [0.2, 0.25) is 0 Å². The molecule has 4 heteroatoms. The second-order valence-electron chi connectivity index (χ2n) is 4.91. The van der Waals surface area contributed by atoms with Gasteiger partial charge in [-0.05, 0) is 45.2 Å². The van der Waals surface area contributed by atoms with Crippen molar-refractivity contribution in [3.8, 4) is 0 Å². The number of carboxylic acids is 1. The highest BCUT2D eigenvalue weighted by atomic mass is 32.1. The Balaban J connectivity index is 1.81. The zero-order chi connectivity index (χ0) is 12.4. The highest BCUT2D eigenvalue weighted by Crippen LogP contribution is 2.28. The van der Waals surface area contributed by atoms with Gasteiger partial charge in [-0.1, -0.05) is 0 Å². The zero-order valence-electron chi connectivity index (χ0n) is 10.3. The normalized spacial score (nSPS) is 25.3. The first-order valence-electron chi connectivity index (χ1n) is 6.10. The Hall–Kier alpha value is -0.870. The number of aryl methyl sites for hydroxylation is 1. The molecule has 1 fully saturated rings. The molecule has 94 valence electrons. The lowest BCUT2D eigenvalue weighted by Crippen LogP contribution is -2.51. The lowest BCUT2D eigenvalue weighted by atomic mass is 9.79. The standard InChI is InChI=1S/C13H19NO2S/c1-8(7-10-4-3-9(2)17-10)14-12-6-5-11(12)13(15)16/h3-4,8,11-12,14H,5-7H2,1-2H3,(H,15,16). The van der Waals surface area contributed by atoms with Crippen LogP contribution in [0.4, 0.5) is 0 Å². The van der Waals surface area contributed by atoms with Crippen molar-refractivity contribution in [1.82, 2.24) is 5.32 Å². The first-order chi connectivity index (χ1) is 8.06. The summed E-state index contributed by atoms with van der Waals surface area (Å²) in [6.07, 6.45) is 2.80. The van der Waals surface area contributed by atoms with E-state index in [1.54, 1.807) is 0 Å². The van der Waals surface area contributed by atoms with Gasteiger partial charge in [0.1, 0.15) is 0 Å². The molecule has 0 amide bonds. The summed E-state index contributed by atoms with van der Waals surface area (Å²) in [6.45, 7) is 4.24. The minimum Gasteiger partial charge on any atom is -0.481 e. The molecule has 0 radical (unpaired) electrons. The van der Waals surface area contributed by atoms with Crippen molar-refractivity contribution in [3.63, 3.8) is 0 Å². The highest BCUT2D eigenvalue weighted by Gasteiger charge is 2.36. The summed E-state index contributed by atoms with van der Waals surface area (Å²) < 4.78 is 0. The van der Waals surface area contributed by atoms with Crippen molar-refractivity contribution in [2.24, 2.45) is 5.92 Å². The van der Waals surface area contributed by atoms with Crippen molar-refractivity contribution in [2.45, 2.75) is 45.2 Å². The van der Waals surface area contributed by atoms with E-state index in [9.17, 15) is 4.79 Å². The molecular formula is C13H19NO2S. The summed E-state index contributed by atoms with van der Waals surface area (Å²) in [7, 11) is 0. The van der Waals surface area contributed by atoms with Crippen LogP contribution >= 0.6 is 11.3 Å². The van der Waals surface area contributed by atoms with Gasteiger partial charge in [-0.15, -0.1) is 11.3 Å². The van der Waals surface area contributed by atoms with Crippen molar-refractivity contribution >= 4 is 17.3 Å². The van der Waals surface area contributed by atoms with Gasteiger partial charge in [-0.25, -0.2) is 0 Å². The summed E-state index contributed by atoms with van der Waals surface area (Å²) >= 11 is 1.82. The molecule has 3 unspecified atom stereocenters. The molecule has 1 aliphatic rings. The molecule has 3 atom stereocenters. The maximum absolute atomic E-state index is 10.9. The van der Waals surface area contributed by atoms with Crippen LogP contribution in [0, 0.1) is 12.8 Å². The number of carbonyl (C=O) groups is 1. The first-order valence-corrected chi connectivity index (χ1v) is 6.92. The van der Waals surface area contributed by atoms with E-state index in [2.05, 4.69) is 31.3 Å². The third-order valence-corrected chi connectivity index (χ3v) is 4.42. The Kier molecular flexibility index (Phi) is 3.84. The van der Waals surface area contributed by atoms with Crippen molar-refractivity contribution in [2.75, 3.05) is 0 Å². The molecule has 3 nitrogen and oxygen atoms in total. The van der Waals surface area contributed by atoms with Crippen LogP contribution in [0.3, 0.4) is 0 Å². The second kappa shape index (κ2) is 5.19. The molecule has 0 aliphatic heterocycles. The second-order valence-corrected chi connectivity index (χ2v) is 6.29. The van der Waals surface area contributed by atoms with Gasteiger partial charge >= 0.3 is 5.97 Å². The molecule has 2 N–H and O–H groups in total. The van der Waals surface area contributed by atoms with E-state index in [0.717, 1.165) is 19.3 Å². The number of nitrogens with one attached hydrogen (secondary N) is 1. The summed E-state index contributed by atoms with van der Waals surface area (Å²) in [6, 6.07) is 4.81. The minimum atomic E-state index is -0.659. The summed E-state index contributed by atoms with van der Waals surface area (Å²) in [5, 5.41) is 12.4. The van der Waals surface area contributed by atoms with E-state index >= 15 is 0 Å². The van der Waals surface area contributed by atoms with Crippen LogP contribution in [0.2, 0.25) is 0 Å². The number of hydrogen-bond donors (Lipinski definition) is 2. The predicted molar refractivity (Wildman–Crippen MR) is 69.5 cm³/mol. The smallest absolute Gasteiger partial charge is 0.308 e. The Morgan fingerprint density at radius 2 is 2.35 bits per heavy atom. The molecule has 0 bridgehead atoms. The molecule has 2 rings (SSSR count). The van der Waals surface area contributed by atoms with Crippen LogP contribution in [0.5, 0.6) is 0 Å². The number of hydrogen-bond acceptors (Lipinski definition) is 3. The average Bonchev–Trinajstić information content (AvgIpc) is 2.58. The molecule has 1 saturated carbocycles. The summed E-state index contributed by atoms with van der Waals surface area (Å²) in [5.74, 6) is -0.838. The monoisotopic (exact) mass is 253 g/mol. The van der Waals surface area contributed by atoms with Gasteiger partial charge in [0, 0.05) is 21.8 Å². The minimum absolute atomic E-state index is 0.170. The van der Waals surface area contributed by atoms with E-state index in [0.29, 0.717) is 6.04 Å². The Morgan fingerprint density at radius 1 is 1.59 bits per heavy atom. The quantitative estimate of drug-likeness (QED) is 0.847. The molecule has 17 heavy (non-hydrogen) atoms. The molecule has 1 aliphatic carbocycles. The molecule has 1 aromatic heterocycles. The van der Waals surface area contributed by atoms with Crippen molar-refractivity contribution in [1.29, 1.82) is 0 Å². The molecule has 1 heterocycles. The van der Waals surface area contributed by atoms with E-state index in [1.807, 2.05) is 11.3 Å². The van der Waals surface area contributed by atoms with Crippen LogP contribution in [0.15, 0.2) is 12.1 Å². The van der Waals surface area contributed by atoms with Crippen molar-refractivity contribution < 1.29 is 9.90 Å². The van der Waals surface area contributed by atoms with Crippen LogP contribution in [0.1, 0.15) is 29.5 Å². The van der Waals surface area contributed by atoms with Gasteiger partial charge in [-0.3, -0.25) is 4.79 Å². The Bertz CT molecular complexity index is 402. The number of carboxylic acid groups (broad SMARTS) is 1. The summed E-state index contributed by atoms with van der Waals surface area (Å²) in [4.78, 5) is 13.6. The lowest BCUT2D eigenvalue weighted by Gasteiger charge is -2.36. The number of thiophene rings is 1. The van der Waals surface area contributed by atoms with E-state index in [4.69, 9.17) is 5.11 Å². The SMILES string of the molecule is Cc1ccc(CC(C)NC2CCC2C(=O)O)s1. The maximum Gasteiger partial charge on any atom is 0.308 e. The number of rotatable bonds is 5. The highest BCUT2D eigenvalue weighted by molar-refractivity contribution is 7.11. The molecule has 1 aromatic rings. The van der Waals surface area contributed by atoms with Gasteiger partial charge in [-0.2, -0.15) is 0 Å². The molecular weight excluding hydrogens is 234 g/mol. The Labute approximate surface area is 106 Å². The van der Waals surface area contributed by atoms with Crippen molar-refractivity contribution in [3.05, 3.63) is 21.9 Å². The van der Waals surface area contributed by atoms with Gasteiger partial charge < -0.3 is 10.4 Å². The van der Waals surface area contributed by atoms with Crippen LogP contribution < -0.4 is 5.32 Å². The van der Waals surface area contributed by atoms with E-state index in [1.165, 1.54) is 9.75 Å². The fraction of sp³-hybridized carbons (Fsp3) is 0.615. The predicted octanol–water partition coefficient (Wildman–Crippen LogP) is 2.44. The van der Waals surface area contributed by atoms with Crippen LogP contribution in [0.25, 0.3) is 0 Å². The maximum atomic E-state index is 10.9. The Morgan fingerprint density at radius 3 is 2.82 bits per heavy atom. The fourth-order valence-electron chi connectivity index (χ4n) is 2.32. The third kappa shape index (κ3) is 3.07. The van der Waals surface area contributed by atoms with Gasteiger partial charge in [0.25, 0.3) is 0 Å². The van der Waals surface area contributed by atoms with Gasteiger partial charge in [0.15, 0.2) is 0 Å². The molecule has 0 saturated heterocycles. The summed E-state index contributed by atoms with van der Waals surface area (Å²) in [5.41, 5.74) is 0. The average molecular weight is 253 g/mol. The topological polar surface area (TPSA) is 49.3 Å². The third-order valence-electron chi connectivity index (χ3n) is 3.39. The zero-order valence-corrected chi connectivity index (χ0v) is 11.1. The molecule has 0 aromatic carbocycles. The van der Waals surface area contributed by atoms with Gasteiger partial charge in [0.05, 0.1) is 5.92 Å². The first kappa shape index (κ1) is 12.6. The van der Waals surface area contributed by atoms with Crippen LogP contribution in [-0.2, 0) is 11.2 Å².